The highest BCUT2D eigenvalue weighted by atomic mass is 32.2. The molecule has 1 aromatic heterocycles. The lowest BCUT2D eigenvalue weighted by Gasteiger charge is -2.11. The Bertz CT molecular complexity index is 579. The van der Waals surface area contributed by atoms with Crippen molar-refractivity contribution in [2.45, 2.75) is 11.1 Å². The Morgan fingerprint density at radius 2 is 2.05 bits per heavy atom. The molecule has 104 valence electrons. The van der Waals surface area contributed by atoms with Crippen LogP contribution in [0.1, 0.15) is 5.82 Å². The van der Waals surface area contributed by atoms with Crippen LogP contribution >= 0.6 is 23.5 Å². The van der Waals surface area contributed by atoms with E-state index in [9.17, 15) is 4.79 Å². The van der Waals surface area contributed by atoms with E-state index in [-0.39, 0.29) is 10.5 Å². The predicted octanol–water partition coefficient (Wildman–Crippen LogP) is 2.29. The molecule has 2 heterocycles. The third-order valence-corrected chi connectivity index (χ3v) is 6.00. The number of thioether (sulfide) groups is 2. The van der Waals surface area contributed by atoms with Crippen molar-refractivity contribution in [3.05, 3.63) is 48.5 Å². The zero-order valence-electron chi connectivity index (χ0n) is 10.9. The van der Waals surface area contributed by atoms with Gasteiger partial charge < -0.3 is 9.88 Å². The molecule has 20 heavy (non-hydrogen) atoms. The molecule has 1 aromatic carbocycles. The molecule has 4 nitrogen and oxygen atoms in total. The summed E-state index contributed by atoms with van der Waals surface area (Å²) in [6, 6.07) is 10.0. The van der Waals surface area contributed by atoms with Crippen molar-refractivity contribution in [2.24, 2.45) is 0 Å². The molecule has 1 N–H and O–H groups in total. The molecule has 6 heteroatoms. The first kappa shape index (κ1) is 13.6. The SMILES string of the molecule is O=C(NCc1nccn1-c1ccccc1)C1SCCS1. The lowest BCUT2D eigenvalue weighted by molar-refractivity contribution is -0.119. The summed E-state index contributed by atoms with van der Waals surface area (Å²) < 4.78 is 2.03. The van der Waals surface area contributed by atoms with Crippen LogP contribution in [0.3, 0.4) is 0 Å². The normalized spacial score (nSPS) is 15.4. The van der Waals surface area contributed by atoms with Crippen molar-refractivity contribution < 1.29 is 4.79 Å². The summed E-state index contributed by atoms with van der Waals surface area (Å²) in [5.74, 6) is 3.06. The highest BCUT2D eigenvalue weighted by Gasteiger charge is 2.23. The molecule has 0 bridgehead atoms. The number of nitrogens with zero attached hydrogens (tertiary/aromatic N) is 2. The molecule has 0 atom stereocenters. The number of hydrogen-bond acceptors (Lipinski definition) is 4. The summed E-state index contributed by atoms with van der Waals surface area (Å²) in [6.45, 7) is 0.457. The maximum atomic E-state index is 12.0. The van der Waals surface area contributed by atoms with Crippen LogP contribution in [0.2, 0.25) is 0 Å². The first-order chi connectivity index (χ1) is 9.84. The summed E-state index contributed by atoms with van der Waals surface area (Å²) in [5.41, 5.74) is 1.05. The first-order valence-electron chi connectivity index (χ1n) is 6.43. The minimum atomic E-state index is 0.0372. The fourth-order valence-corrected chi connectivity index (χ4v) is 4.68. The van der Waals surface area contributed by atoms with Gasteiger partial charge >= 0.3 is 0 Å². The summed E-state index contributed by atoms with van der Waals surface area (Å²) in [6.07, 6.45) is 3.67. The quantitative estimate of drug-likeness (QED) is 0.941. The van der Waals surface area contributed by atoms with Gasteiger partial charge in [0.2, 0.25) is 5.91 Å². The van der Waals surface area contributed by atoms with Gasteiger partial charge in [0, 0.05) is 29.6 Å². The van der Waals surface area contributed by atoms with Crippen molar-refractivity contribution >= 4 is 29.4 Å². The minimum absolute atomic E-state index is 0.0372. The van der Waals surface area contributed by atoms with Gasteiger partial charge in [0.1, 0.15) is 10.4 Å². The van der Waals surface area contributed by atoms with Crippen LogP contribution in [0.5, 0.6) is 0 Å². The van der Waals surface area contributed by atoms with Crippen molar-refractivity contribution in [1.29, 1.82) is 0 Å². The van der Waals surface area contributed by atoms with E-state index in [4.69, 9.17) is 0 Å². The van der Waals surface area contributed by atoms with Gasteiger partial charge in [-0.2, -0.15) is 0 Å². The van der Waals surface area contributed by atoms with Crippen LogP contribution in [-0.2, 0) is 11.3 Å². The average Bonchev–Trinajstić information content (AvgIpc) is 3.17. The zero-order chi connectivity index (χ0) is 13.8. The van der Waals surface area contributed by atoms with Crippen molar-refractivity contribution in [3.63, 3.8) is 0 Å². The smallest absolute Gasteiger partial charge is 0.243 e. The molecule has 3 rings (SSSR count). The Balaban J connectivity index is 1.66. The van der Waals surface area contributed by atoms with Crippen LogP contribution in [0.25, 0.3) is 5.69 Å². The van der Waals surface area contributed by atoms with Crippen LogP contribution in [0.4, 0.5) is 0 Å². The number of hydrogen-bond donors (Lipinski definition) is 1. The highest BCUT2D eigenvalue weighted by Crippen LogP contribution is 2.31. The molecular weight excluding hydrogens is 290 g/mol. The van der Waals surface area contributed by atoms with E-state index in [1.807, 2.05) is 41.1 Å². The van der Waals surface area contributed by atoms with Crippen LogP contribution in [0.15, 0.2) is 42.7 Å². The van der Waals surface area contributed by atoms with Gasteiger partial charge in [-0.25, -0.2) is 4.98 Å². The molecule has 0 radical (unpaired) electrons. The van der Waals surface area contributed by atoms with Crippen LogP contribution in [-0.4, -0.2) is 31.5 Å². The summed E-state index contributed by atoms with van der Waals surface area (Å²) in [4.78, 5) is 16.3. The van der Waals surface area contributed by atoms with E-state index in [1.165, 1.54) is 0 Å². The number of amides is 1. The standard InChI is InChI=1S/C14H15N3OS2/c18-13(14-19-8-9-20-14)16-10-12-15-6-7-17(12)11-4-2-1-3-5-11/h1-7,14H,8-10H2,(H,16,18). The average molecular weight is 305 g/mol. The number of carbonyl (C=O) groups excluding carboxylic acids is 1. The topological polar surface area (TPSA) is 46.9 Å². The van der Waals surface area contributed by atoms with Crippen molar-refractivity contribution in [2.75, 3.05) is 11.5 Å². The number of rotatable bonds is 4. The molecule has 2 aromatic rings. The maximum absolute atomic E-state index is 12.0. The zero-order valence-corrected chi connectivity index (χ0v) is 12.5. The Morgan fingerprint density at radius 3 is 2.80 bits per heavy atom. The Morgan fingerprint density at radius 1 is 1.30 bits per heavy atom. The molecule has 1 fully saturated rings. The van der Waals surface area contributed by atoms with Gasteiger partial charge in [0.25, 0.3) is 0 Å². The van der Waals surface area contributed by atoms with Gasteiger partial charge in [-0.3, -0.25) is 4.79 Å². The van der Waals surface area contributed by atoms with E-state index in [0.717, 1.165) is 23.0 Å². The molecule has 0 aliphatic carbocycles. The number of carbonyl (C=O) groups is 1. The van der Waals surface area contributed by atoms with Crippen LogP contribution in [0, 0.1) is 0 Å². The maximum Gasteiger partial charge on any atom is 0.243 e. The van der Waals surface area contributed by atoms with E-state index in [0.29, 0.717) is 6.54 Å². The lowest BCUT2D eigenvalue weighted by Crippen LogP contribution is -2.30. The summed E-state index contributed by atoms with van der Waals surface area (Å²) >= 11 is 3.42. The molecular formula is C14H15N3OS2. The molecule has 1 saturated heterocycles. The van der Waals surface area contributed by atoms with E-state index < -0.39 is 0 Å². The number of aromatic nitrogens is 2. The third-order valence-electron chi connectivity index (χ3n) is 3.01. The Hall–Kier alpha value is -1.40. The first-order valence-corrected chi connectivity index (χ1v) is 8.53. The summed E-state index contributed by atoms with van der Waals surface area (Å²) in [5, 5.41) is 2.97. The fourth-order valence-electron chi connectivity index (χ4n) is 2.05. The Labute approximate surface area is 126 Å². The molecule has 1 amide bonds. The largest absolute Gasteiger partial charge is 0.347 e. The fraction of sp³-hybridized carbons (Fsp3) is 0.286. The number of nitrogens with one attached hydrogen (secondary N) is 1. The van der Waals surface area contributed by atoms with Gasteiger partial charge in [0.05, 0.1) is 6.54 Å². The monoisotopic (exact) mass is 305 g/mol. The van der Waals surface area contributed by atoms with Gasteiger partial charge in [-0.05, 0) is 12.1 Å². The lowest BCUT2D eigenvalue weighted by atomic mass is 10.3. The molecule has 0 unspecified atom stereocenters. The molecule has 0 saturated carbocycles. The third kappa shape index (κ3) is 3.02. The Kier molecular flexibility index (Phi) is 4.32. The predicted molar refractivity (Wildman–Crippen MR) is 84.1 cm³/mol. The van der Waals surface area contributed by atoms with E-state index in [1.54, 1.807) is 29.7 Å². The van der Waals surface area contributed by atoms with Crippen LogP contribution < -0.4 is 5.32 Å². The minimum Gasteiger partial charge on any atom is -0.347 e. The number of imidazole rings is 1. The van der Waals surface area contributed by atoms with Gasteiger partial charge in [0.15, 0.2) is 0 Å². The second-order valence-electron chi connectivity index (χ2n) is 4.34. The van der Waals surface area contributed by atoms with E-state index in [2.05, 4.69) is 10.3 Å². The second-order valence-corrected chi connectivity index (χ2v) is 7.06. The van der Waals surface area contributed by atoms with E-state index >= 15 is 0 Å². The molecule has 1 aliphatic rings. The second kappa shape index (κ2) is 6.37. The summed E-state index contributed by atoms with van der Waals surface area (Å²) in [7, 11) is 0. The molecule has 0 spiro atoms. The molecule has 1 aliphatic heterocycles. The van der Waals surface area contributed by atoms with Gasteiger partial charge in [-0.1, -0.05) is 18.2 Å². The highest BCUT2D eigenvalue weighted by molar-refractivity contribution is 8.21. The van der Waals surface area contributed by atoms with Crippen molar-refractivity contribution in [1.82, 2.24) is 14.9 Å². The van der Waals surface area contributed by atoms with Gasteiger partial charge in [-0.15, -0.1) is 23.5 Å². The number of benzene rings is 1. The van der Waals surface area contributed by atoms with Crippen molar-refractivity contribution in [3.8, 4) is 5.69 Å². The number of para-hydroxylation sites is 1.